The molecular weight excluding hydrogens is 316 g/mol. The molecule has 0 saturated carbocycles. The third-order valence-electron chi connectivity index (χ3n) is 3.07. The molecule has 0 aliphatic rings. The number of benzene rings is 1. The first kappa shape index (κ1) is 19.4. The minimum atomic E-state index is -3.50. The van der Waals surface area contributed by atoms with E-state index < -0.39 is 10.0 Å². The molecule has 0 unspecified atom stereocenters. The number of amides is 1. The molecule has 0 aromatic heterocycles. The molecule has 0 bridgehead atoms. The fourth-order valence-corrected chi connectivity index (χ4v) is 3.00. The molecule has 0 aliphatic carbocycles. The van der Waals surface area contributed by atoms with Crippen molar-refractivity contribution in [3.8, 4) is 5.75 Å². The summed E-state index contributed by atoms with van der Waals surface area (Å²) in [5.74, 6) is 0.680. The van der Waals surface area contributed by atoms with Gasteiger partial charge in [-0.1, -0.05) is 20.8 Å². The van der Waals surface area contributed by atoms with Crippen LogP contribution in [-0.2, 0) is 14.8 Å². The number of carbonyl (C=O) groups is 1. The Morgan fingerprint density at radius 1 is 1.30 bits per heavy atom. The molecule has 1 aromatic rings. The molecule has 23 heavy (non-hydrogen) atoms. The van der Waals surface area contributed by atoms with E-state index in [0.29, 0.717) is 30.3 Å². The quantitative estimate of drug-likeness (QED) is 0.717. The van der Waals surface area contributed by atoms with Crippen molar-refractivity contribution in [1.82, 2.24) is 10.0 Å². The second-order valence-electron chi connectivity index (χ2n) is 5.81. The summed E-state index contributed by atoms with van der Waals surface area (Å²) >= 11 is 0. The van der Waals surface area contributed by atoms with E-state index in [-0.39, 0.29) is 17.4 Å². The van der Waals surface area contributed by atoms with Crippen molar-refractivity contribution in [3.63, 3.8) is 0 Å². The Bertz CT molecular complexity index is 627. The van der Waals surface area contributed by atoms with Crippen LogP contribution in [-0.4, -0.2) is 34.0 Å². The van der Waals surface area contributed by atoms with Crippen molar-refractivity contribution in [3.05, 3.63) is 23.8 Å². The maximum Gasteiger partial charge on any atom is 0.257 e. The summed E-state index contributed by atoms with van der Waals surface area (Å²) in [4.78, 5) is 11.8. The lowest BCUT2D eigenvalue weighted by Crippen LogP contribution is -2.31. The summed E-state index contributed by atoms with van der Waals surface area (Å²) in [6.07, 6.45) is 0.727. The lowest BCUT2D eigenvalue weighted by atomic mass is 10.2. The molecule has 0 aliphatic heterocycles. The van der Waals surface area contributed by atoms with Gasteiger partial charge >= 0.3 is 0 Å². The van der Waals surface area contributed by atoms with E-state index in [1.807, 2.05) is 20.8 Å². The minimum absolute atomic E-state index is 0.0895. The van der Waals surface area contributed by atoms with E-state index in [4.69, 9.17) is 4.74 Å². The molecule has 1 rings (SSSR count). The zero-order chi connectivity index (χ0) is 17.5. The number of rotatable bonds is 9. The Morgan fingerprint density at radius 2 is 2.00 bits per heavy atom. The molecule has 0 atom stereocenters. The molecule has 0 spiro atoms. The summed E-state index contributed by atoms with van der Waals surface area (Å²) in [6.45, 7) is 8.58. The summed E-state index contributed by atoms with van der Waals surface area (Å²) in [7, 11) is -3.50. The lowest BCUT2D eigenvalue weighted by Gasteiger charge is -2.12. The molecule has 2 N–H and O–H groups in total. The topological polar surface area (TPSA) is 84.5 Å². The van der Waals surface area contributed by atoms with E-state index in [1.54, 1.807) is 19.1 Å². The van der Waals surface area contributed by atoms with Crippen LogP contribution < -0.4 is 14.8 Å². The molecule has 130 valence electrons. The van der Waals surface area contributed by atoms with E-state index in [0.717, 1.165) is 6.42 Å². The number of hydrogen-bond acceptors (Lipinski definition) is 4. The van der Waals surface area contributed by atoms with Crippen LogP contribution in [0.4, 0.5) is 0 Å². The largest absolute Gasteiger partial charge is 0.484 e. The first-order chi connectivity index (χ1) is 10.8. The first-order valence-corrected chi connectivity index (χ1v) is 9.24. The standard InChI is InChI=1S/C16H26N2O4S/c1-5-8-18-23(20,21)14-6-7-15(13(4)9-14)22-11-16(19)17-10-12(2)3/h6-7,9,12,18H,5,8,10-11H2,1-4H3,(H,17,19). The van der Waals surface area contributed by atoms with Gasteiger partial charge in [-0.15, -0.1) is 0 Å². The normalized spacial score (nSPS) is 11.5. The smallest absolute Gasteiger partial charge is 0.257 e. The zero-order valence-electron chi connectivity index (χ0n) is 14.2. The fraction of sp³-hybridized carbons (Fsp3) is 0.562. The van der Waals surface area contributed by atoms with Crippen molar-refractivity contribution >= 4 is 15.9 Å². The van der Waals surface area contributed by atoms with Gasteiger partial charge < -0.3 is 10.1 Å². The van der Waals surface area contributed by atoms with Crippen molar-refractivity contribution < 1.29 is 17.9 Å². The number of hydrogen-bond donors (Lipinski definition) is 2. The highest BCUT2D eigenvalue weighted by Gasteiger charge is 2.15. The highest BCUT2D eigenvalue weighted by Crippen LogP contribution is 2.21. The van der Waals surface area contributed by atoms with Gasteiger partial charge in [-0.25, -0.2) is 13.1 Å². The minimum Gasteiger partial charge on any atom is -0.484 e. The Hall–Kier alpha value is -1.60. The van der Waals surface area contributed by atoms with E-state index in [1.165, 1.54) is 6.07 Å². The van der Waals surface area contributed by atoms with Crippen LogP contribution in [0.3, 0.4) is 0 Å². The number of aryl methyl sites for hydroxylation is 1. The molecule has 0 saturated heterocycles. The van der Waals surface area contributed by atoms with E-state index in [2.05, 4.69) is 10.0 Å². The molecule has 1 amide bonds. The first-order valence-electron chi connectivity index (χ1n) is 7.76. The van der Waals surface area contributed by atoms with Crippen LogP contribution in [0.2, 0.25) is 0 Å². The van der Waals surface area contributed by atoms with Gasteiger partial charge in [-0.3, -0.25) is 4.79 Å². The summed E-state index contributed by atoms with van der Waals surface area (Å²) in [5, 5.41) is 2.76. The van der Waals surface area contributed by atoms with Crippen LogP contribution in [0.15, 0.2) is 23.1 Å². The summed E-state index contributed by atoms with van der Waals surface area (Å²) in [5.41, 5.74) is 0.668. The van der Waals surface area contributed by atoms with Crippen molar-refractivity contribution in [1.29, 1.82) is 0 Å². The van der Waals surface area contributed by atoms with Crippen LogP contribution >= 0.6 is 0 Å². The fourth-order valence-electron chi connectivity index (χ4n) is 1.78. The molecular formula is C16H26N2O4S. The van der Waals surface area contributed by atoms with Gasteiger partial charge in [-0.05, 0) is 43.0 Å². The van der Waals surface area contributed by atoms with Gasteiger partial charge in [0.15, 0.2) is 6.61 Å². The van der Waals surface area contributed by atoms with Gasteiger partial charge in [0.1, 0.15) is 5.75 Å². The van der Waals surface area contributed by atoms with Crippen LogP contribution in [0, 0.1) is 12.8 Å². The molecule has 7 heteroatoms. The van der Waals surface area contributed by atoms with Crippen LogP contribution in [0.1, 0.15) is 32.8 Å². The predicted octanol–water partition coefficient (Wildman–Crippen LogP) is 1.83. The average molecular weight is 342 g/mol. The second-order valence-corrected chi connectivity index (χ2v) is 7.58. The molecule has 0 fully saturated rings. The zero-order valence-corrected chi connectivity index (χ0v) is 15.0. The molecule has 6 nitrogen and oxygen atoms in total. The maximum atomic E-state index is 12.1. The van der Waals surface area contributed by atoms with Gasteiger partial charge in [0.05, 0.1) is 4.90 Å². The summed E-state index contributed by atoms with van der Waals surface area (Å²) in [6, 6.07) is 4.59. The van der Waals surface area contributed by atoms with Crippen LogP contribution in [0.25, 0.3) is 0 Å². The number of sulfonamides is 1. The third kappa shape index (κ3) is 6.58. The van der Waals surface area contributed by atoms with Crippen LogP contribution in [0.5, 0.6) is 5.75 Å². The molecule has 0 heterocycles. The lowest BCUT2D eigenvalue weighted by molar-refractivity contribution is -0.123. The second kappa shape index (κ2) is 8.88. The van der Waals surface area contributed by atoms with Crippen molar-refractivity contribution in [2.24, 2.45) is 5.92 Å². The van der Waals surface area contributed by atoms with Gasteiger partial charge in [-0.2, -0.15) is 0 Å². The summed E-state index contributed by atoms with van der Waals surface area (Å²) < 4.78 is 32.1. The van der Waals surface area contributed by atoms with E-state index >= 15 is 0 Å². The SMILES string of the molecule is CCCNS(=O)(=O)c1ccc(OCC(=O)NCC(C)C)c(C)c1. The van der Waals surface area contributed by atoms with Crippen molar-refractivity contribution in [2.75, 3.05) is 19.7 Å². The average Bonchev–Trinajstić information content (AvgIpc) is 2.49. The van der Waals surface area contributed by atoms with Gasteiger partial charge in [0.25, 0.3) is 5.91 Å². The van der Waals surface area contributed by atoms with Crippen molar-refractivity contribution in [2.45, 2.75) is 39.0 Å². The Kier molecular flexibility index (Phi) is 7.51. The highest BCUT2D eigenvalue weighted by atomic mass is 32.2. The highest BCUT2D eigenvalue weighted by molar-refractivity contribution is 7.89. The number of ether oxygens (including phenoxy) is 1. The monoisotopic (exact) mass is 342 g/mol. The molecule has 0 radical (unpaired) electrons. The van der Waals surface area contributed by atoms with E-state index in [9.17, 15) is 13.2 Å². The van der Waals surface area contributed by atoms with Gasteiger partial charge in [0, 0.05) is 13.1 Å². The number of carbonyl (C=O) groups excluding carboxylic acids is 1. The maximum absolute atomic E-state index is 12.1. The Morgan fingerprint density at radius 3 is 2.57 bits per heavy atom. The van der Waals surface area contributed by atoms with Gasteiger partial charge in [0.2, 0.25) is 10.0 Å². The molecule has 1 aromatic carbocycles. The third-order valence-corrected chi connectivity index (χ3v) is 4.52. The number of nitrogens with one attached hydrogen (secondary N) is 2. The Balaban J connectivity index is 2.68. The Labute approximate surface area is 138 Å². The predicted molar refractivity (Wildman–Crippen MR) is 90.0 cm³/mol.